The SMILES string of the molecule is Cc1nc(NC(=O)NC2c3ccccc3CCC2n2ccnc2)sc1C. The molecule has 134 valence electrons. The van der Waals surface area contributed by atoms with Gasteiger partial charge in [-0.25, -0.2) is 14.8 Å². The van der Waals surface area contributed by atoms with Crippen LogP contribution in [0.5, 0.6) is 0 Å². The number of nitrogens with zero attached hydrogens (tertiary/aromatic N) is 3. The third-order valence-electron chi connectivity index (χ3n) is 4.93. The Morgan fingerprint density at radius 1 is 1.31 bits per heavy atom. The van der Waals surface area contributed by atoms with E-state index < -0.39 is 0 Å². The summed E-state index contributed by atoms with van der Waals surface area (Å²) < 4.78 is 2.08. The van der Waals surface area contributed by atoms with Gasteiger partial charge in [0, 0.05) is 17.3 Å². The Morgan fingerprint density at radius 3 is 2.88 bits per heavy atom. The van der Waals surface area contributed by atoms with Crippen molar-refractivity contribution in [2.45, 2.75) is 38.8 Å². The Balaban J connectivity index is 1.59. The van der Waals surface area contributed by atoms with Crippen LogP contribution in [0.25, 0.3) is 0 Å². The molecule has 2 amide bonds. The number of anilines is 1. The van der Waals surface area contributed by atoms with Crippen LogP contribution in [-0.2, 0) is 6.42 Å². The molecule has 7 heteroatoms. The molecule has 1 aliphatic rings. The van der Waals surface area contributed by atoms with Crippen molar-refractivity contribution in [3.63, 3.8) is 0 Å². The number of aryl methyl sites for hydroxylation is 3. The van der Waals surface area contributed by atoms with E-state index in [1.807, 2.05) is 32.4 Å². The Bertz CT molecular complexity index is 898. The smallest absolute Gasteiger partial charge is 0.321 e. The predicted molar refractivity (Wildman–Crippen MR) is 103 cm³/mol. The van der Waals surface area contributed by atoms with Crippen molar-refractivity contribution in [3.8, 4) is 0 Å². The number of benzene rings is 1. The fourth-order valence-corrected chi connectivity index (χ4v) is 4.31. The fourth-order valence-electron chi connectivity index (χ4n) is 3.50. The number of thiazole rings is 1. The van der Waals surface area contributed by atoms with E-state index >= 15 is 0 Å². The van der Waals surface area contributed by atoms with Gasteiger partial charge >= 0.3 is 6.03 Å². The molecule has 2 aromatic heterocycles. The highest BCUT2D eigenvalue weighted by Crippen LogP contribution is 2.37. The number of carbonyl (C=O) groups excluding carboxylic acids is 1. The van der Waals surface area contributed by atoms with Gasteiger partial charge in [-0.15, -0.1) is 11.3 Å². The number of hydrogen-bond donors (Lipinski definition) is 2. The Morgan fingerprint density at radius 2 is 2.15 bits per heavy atom. The summed E-state index contributed by atoms with van der Waals surface area (Å²) in [5.41, 5.74) is 3.40. The zero-order chi connectivity index (χ0) is 18.1. The molecule has 26 heavy (non-hydrogen) atoms. The number of nitrogens with one attached hydrogen (secondary N) is 2. The highest BCUT2D eigenvalue weighted by molar-refractivity contribution is 7.15. The maximum atomic E-state index is 12.6. The van der Waals surface area contributed by atoms with Gasteiger partial charge in [0.05, 0.1) is 24.1 Å². The lowest BCUT2D eigenvalue weighted by molar-refractivity contribution is 0.239. The maximum absolute atomic E-state index is 12.6. The van der Waals surface area contributed by atoms with E-state index in [4.69, 9.17) is 0 Å². The number of urea groups is 1. The van der Waals surface area contributed by atoms with E-state index in [1.54, 1.807) is 6.20 Å². The van der Waals surface area contributed by atoms with Crippen LogP contribution in [0.4, 0.5) is 9.93 Å². The molecule has 0 saturated heterocycles. The van der Waals surface area contributed by atoms with Crippen LogP contribution in [0.2, 0.25) is 0 Å². The number of carbonyl (C=O) groups is 1. The van der Waals surface area contributed by atoms with E-state index in [-0.39, 0.29) is 18.1 Å². The molecule has 2 unspecified atom stereocenters. The topological polar surface area (TPSA) is 71.8 Å². The molecular weight excluding hydrogens is 346 g/mol. The van der Waals surface area contributed by atoms with Crippen molar-refractivity contribution in [2.75, 3.05) is 5.32 Å². The molecular formula is C19H21N5OS. The third kappa shape index (κ3) is 3.22. The number of hydrogen-bond acceptors (Lipinski definition) is 4. The Kier molecular flexibility index (Phi) is 4.46. The number of imidazole rings is 1. The summed E-state index contributed by atoms with van der Waals surface area (Å²) in [5, 5.41) is 6.66. The van der Waals surface area contributed by atoms with Crippen molar-refractivity contribution >= 4 is 22.5 Å². The quantitative estimate of drug-likeness (QED) is 0.735. The van der Waals surface area contributed by atoms with Gasteiger partial charge in [0.25, 0.3) is 0 Å². The first-order valence-corrected chi connectivity index (χ1v) is 9.50. The first-order valence-electron chi connectivity index (χ1n) is 8.68. The third-order valence-corrected chi connectivity index (χ3v) is 5.92. The fraction of sp³-hybridized carbons (Fsp3) is 0.316. The van der Waals surface area contributed by atoms with Gasteiger partial charge in [-0.1, -0.05) is 24.3 Å². The van der Waals surface area contributed by atoms with Crippen LogP contribution >= 0.6 is 11.3 Å². The molecule has 0 spiro atoms. The van der Waals surface area contributed by atoms with E-state index in [9.17, 15) is 4.79 Å². The van der Waals surface area contributed by atoms with Crippen molar-refractivity contribution in [2.24, 2.45) is 0 Å². The average molecular weight is 367 g/mol. The van der Waals surface area contributed by atoms with E-state index in [0.29, 0.717) is 5.13 Å². The molecule has 2 atom stereocenters. The van der Waals surface area contributed by atoms with Crippen molar-refractivity contribution in [1.29, 1.82) is 0 Å². The largest absolute Gasteiger partial charge is 0.332 e. The number of rotatable bonds is 3. The summed E-state index contributed by atoms with van der Waals surface area (Å²) in [4.78, 5) is 22.3. The minimum Gasteiger partial charge on any atom is -0.332 e. The van der Waals surface area contributed by atoms with Crippen LogP contribution in [0.3, 0.4) is 0 Å². The van der Waals surface area contributed by atoms with Crippen LogP contribution in [0.15, 0.2) is 43.0 Å². The standard InChI is InChI=1S/C19H21N5OS/c1-12-13(2)26-19(21-12)23-18(25)22-17-15-6-4-3-5-14(15)7-8-16(17)24-10-9-20-11-24/h3-6,9-11,16-17H,7-8H2,1-2H3,(H2,21,22,23,25). The Hall–Kier alpha value is -2.67. The van der Waals surface area contributed by atoms with Crippen molar-refractivity contribution in [3.05, 3.63) is 64.7 Å². The van der Waals surface area contributed by atoms with Gasteiger partial charge in [0.15, 0.2) is 5.13 Å². The van der Waals surface area contributed by atoms with Crippen LogP contribution < -0.4 is 10.6 Å². The maximum Gasteiger partial charge on any atom is 0.321 e. The molecule has 1 aromatic carbocycles. The summed E-state index contributed by atoms with van der Waals surface area (Å²) in [7, 11) is 0. The van der Waals surface area contributed by atoms with E-state index in [1.165, 1.54) is 22.5 Å². The van der Waals surface area contributed by atoms with E-state index in [0.717, 1.165) is 23.4 Å². The van der Waals surface area contributed by atoms with Gasteiger partial charge < -0.3 is 9.88 Å². The average Bonchev–Trinajstić information content (AvgIpc) is 3.26. The normalized spacial score (nSPS) is 19.0. The second-order valence-electron chi connectivity index (χ2n) is 6.55. The highest BCUT2D eigenvalue weighted by atomic mass is 32.1. The molecule has 0 bridgehead atoms. The van der Waals surface area contributed by atoms with Crippen LogP contribution in [0.1, 0.15) is 40.2 Å². The van der Waals surface area contributed by atoms with Crippen molar-refractivity contribution < 1.29 is 4.79 Å². The summed E-state index contributed by atoms with van der Waals surface area (Å²) in [6.45, 7) is 3.95. The summed E-state index contributed by atoms with van der Waals surface area (Å²) in [5.74, 6) is 0. The lowest BCUT2D eigenvalue weighted by atomic mass is 9.84. The minimum absolute atomic E-state index is 0.115. The zero-order valence-electron chi connectivity index (χ0n) is 14.8. The van der Waals surface area contributed by atoms with Gasteiger partial charge in [-0.3, -0.25) is 5.32 Å². The molecule has 0 saturated carbocycles. The molecule has 0 radical (unpaired) electrons. The molecule has 1 aliphatic carbocycles. The number of fused-ring (bicyclic) bond motifs is 1. The second kappa shape index (κ2) is 6.92. The summed E-state index contributed by atoms with van der Waals surface area (Å²) >= 11 is 1.49. The molecule has 6 nitrogen and oxygen atoms in total. The lowest BCUT2D eigenvalue weighted by Crippen LogP contribution is -2.39. The van der Waals surface area contributed by atoms with Crippen molar-refractivity contribution in [1.82, 2.24) is 19.9 Å². The monoisotopic (exact) mass is 367 g/mol. The molecule has 2 N–H and O–H groups in total. The molecule has 3 aromatic rings. The molecule has 2 heterocycles. The zero-order valence-corrected chi connectivity index (χ0v) is 15.6. The molecule has 0 aliphatic heterocycles. The van der Waals surface area contributed by atoms with Crippen LogP contribution in [0, 0.1) is 13.8 Å². The minimum atomic E-state index is -0.231. The van der Waals surface area contributed by atoms with Gasteiger partial charge in [-0.05, 0) is 37.8 Å². The first kappa shape index (κ1) is 16.8. The number of aromatic nitrogens is 3. The van der Waals surface area contributed by atoms with E-state index in [2.05, 4.69) is 43.4 Å². The van der Waals surface area contributed by atoms with Crippen LogP contribution in [-0.4, -0.2) is 20.6 Å². The summed E-state index contributed by atoms with van der Waals surface area (Å²) in [6, 6.07) is 8.10. The Labute approximate surface area is 156 Å². The number of amides is 2. The second-order valence-corrected chi connectivity index (χ2v) is 7.75. The van der Waals surface area contributed by atoms with Gasteiger partial charge in [0.2, 0.25) is 0 Å². The van der Waals surface area contributed by atoms with Gasteiger partial charge in [-0.2, -0.15) is 0 Å². The molecule has 0 fully saturated rings. The first-order chi connectivity index (χ1) is 12.6. The predicted octanol–water partition coefficient (Wildman–Crippen LogP) is 4.01. The van der Waals surface area contributed by atoms with Gasteiger partial charge in [0.1, 0.15) is 0 Å². The lowest BCUT2D eigenvalue weighted by Gasteiger charge is -2.34. The summed E-state index contributed by atoms with van der Waals surface area (Å²) in [6.07, 6.45) is 7.49. The molecule has 4 rings (SSSR count). The highest BCUT2D eigenvalue weighted by Gasteiger charge is 2.31.